The van der Waals surface area contributed by atoms with E-state index < -0.39 is 10.0 Å². The maximum Gasteiger partial charge on any atom is 0.243 e. The summed E-state index contributed by atoms with van der Waals surface area (Å²) in [5, 5.41) is 3.40. The van der Waals surface area contributed by atoms with E-state index in [0.717, 1.165) is 9.87 Å². The van der Waals surface area contributed by atoms with Crippen molar-refractivity contribution in [1.29, 1.82) is 0 Å². The van der Waals surface area contributed by atoms with Crippen LogP contribution in [0.2, 0.25) is 0 Å². The van der Waals surface area contributed by atoms with Crippen molar-refractivity contribution in [3.05, 3.63) is 29.8 Å². The molecule has 0 unspecified atom stereocenters. The summed E-state index contributed by atoms with van der Waals surface area (Å²) in [6.07, 6.45) is 0. The molecular formula is C14H21BrN2O3S. The number of alkyl halides is 1. The molecule has 0 aromatic heterocycles. The van der Waals surface area contributed by atoms with Gasteiger partial charge >= 0.3 is 0 Å². The molecule has 0 aliphatic heterocycles. The van der Waals surface area contributed by atoms with Gasteiger partial charge in [-0.2, -0.15) is 4.31 Å². The predicted molar refractivity (Wildman–Crippen MR) is 86.8 cm³/mol. The zero-order valence-corrected chi connectivity index (χ0v) is 15.1. The standard InChI is InChI=1S/C14H21BrN2O3S/c1-14(2,3)16-13(18)10-17(4)21(19,20)12-7-5-11(9-15)6-8-12/h5-8H,9-10H2,1-4H3,(H,16,18). The van der Waals surface area contributed by atoms with E-state index in [1.165, 1.54) is 7.05 Å². The molecule has 0 heterocycles. The molecule has 0 saturated heterocycles. The van der Waals surface area contributed by atoms with Crippen LogP contribution in [0.25, 0.3) is 0 Å². The molecule has 1 N–H and O–H groups in total. The van der Waals surface area contributed by atoms with Crippen LogP contribution in [0.4, 0.5) is 0 Å². The van der Waals surface area contributed by atoms with Gasteiger partial charge in [0.15, 0.2) is 0 Å². The summed E-state index contributed by atoms with van der Waals surface area (Å²) in [7, 11) is -2.26. The van der Waals surface area contributed by atoms with Gasteiger partial charge in [0.05, 0.1) is 11.4 Å². The third kappa shape index (κ3) is 5.41. The van der Waals surface area contributed by atoms with E-state index in [4.69, 9.17) is 0 Å². The molecule has 21 heavy (non-hydrogen) atoms. The van der Waals surface area contributed by atoms with E-state index in [1.807, 2.05) is 20.8 Å². The molecule has 0 saturated carbocycles. The fourth-order valence-corrected chi connectivity index (χ4v) is 3.18. The van der Waals surface area contributed by atoms with Gasteiger partial charge in [0, 0.05) is 17.9 Å². The minimum Gasteiger partial charge on any atom is -0.350 e. The lowest BCUT2D eigenvalue weighted by atomic mass is 10.1. The van der Waals surface area contributed by atoms with E-state index in [2.05, 4.69) is 21.2 Å². The molecule has 0 bridgehead atoms. The van der Waals surface area contributed by atoms with Gasteiger partial charge in [-0.3, -0.25) is 4.79 Å². The number of carbonyl (C=O) groups excluding carboxylic acids is 1. The molecule has 1 aromatic carbocycles. The summed E-state index contributed by atoms with van der Waals surface area (Å²) < 4.78 is 25.8. The molecule has 0 atom stereocenters. The second kappa shape index (κ2) is 6.89. The average Bonchev–Trinajstić information content (AvgIpc) is 2.36. The first-order valence-corrected chi connectivity index (χ1v) is 9.04. The molecule has 7 heteroatoms. The summed E-state index contributed by atoms with van der Waals surface area (Å²) in [5.74, 6) is -0.328. The minimum absolute atomic E-state index is 0.179. The molecule has 5 nitrogen and oxygen atoms in total. The van der Waals surface area contributed by atoms with Gasteiger partial charge in [0.2, 0.25) is 15.9 Å². The molecule has 118 valence electrons. The second-order valence-electron chi connectivity index (χ2n) is 5.84. The minimum atomic E-state index is -3.66. The van der Waals surface area contributed by atoms with Gasteiger partial charge in [-0.25, -0.2) is 8.42 Å². The number of likely N-dealkylation sites (N-methyl/N-ethyl adjacent to an activating group) is 1. The van der Waals surface area contributed by atoms with Crippen molar-refractivity contribution in [2.24, 2.45) is 0 Å². The number of nitrogens with zero attached hydrogens (tertiary/aromatic N) is 1. The Bertz CT molecular complexity index is 592. The quantitative estimate of drug-likeness (QED) is 0.800. The monoisotopic (exact) mass is 376 g/mol. The topological polar surface area (TPSA) is 66.5 Å². The number of hydrogen-bond acceptors (Lipinski definition) is 3. The van der Waals surface area contributed by atoms with Gasteiger partial charge in [0.1, 0.15) is 0 Å². The molecule has 0 spiro atoms. The van der Waals surface area contributed by atoms with Crippen LogP contribution in [0.3, 0.4) is 0 Å². The molecule has 0 aliphatic carbocycles. The third-order valence-electron chi connectivity index (χ3n) is 2.67. The number of rotatable bonds is 5. The Hall–Kier alpha value is -0.920. The maximum atomic E-state index is 12.4. The van der Waals surface area contributed by atoms with Crippen molar-refractivity contribution >= 4 is 31.9 Å². The summed E-state index contributed by atoms with van der Waals surface area (Å²) >= 11 is 3.31. The molecular weight excluding hydrogens is 356 g/mol. The number of carbonyl (C=O) groups is 1. The highest BCUT2D eigenvalue weighted by Gasteiger charge is 2.24. The van der Waals surface area contributed by atoms with Crippen LogP contribution in [0.1, 0.15) is 26.3 Å². The van der Waals surface area contributed by atoms with Crippen LogP contribution in [-0.4, -0.2) is 37.8 Å². The Morgan fingerprint density at radius 3 is 2.19 bits per heavy atom. The summed E-state index contributed by atoms with van der Waals surface area (Å²) in [6.45, 7) is 5.33. The Morgan fingerprint density at radius 1 is 1.24 bits per heavy atom. The predicted octanol–water partition coefficient (Wildman–Crippen LogP) is 2.12. The number of benzene rings is 1. The SMILES string of the molecule is CN(CC(=O)NC(C)(C)C)S(=O)(=O)c1ccc(CBr)cc1. The molecule has 0 radical (unpaired) electrons. The lowest BCUT2D eigenvalue weighted by Gasteiger charge is -2.23. The highest BCUT2D eigenvalue weighted by atomic mass is 79.9. The summed E-state index contributed by atoms with van der Waals surface area (Å²) in [5.41, 5.74) is 0.598. The zero-order chi connectivity index (χ0) is 16.3. The smallest absolute Gasteiger partial charge is 0.243 e. The van der Waals surface area contributed by atoms with Crippen molar-refractivity contribution in [3.63, 3.8) is 0 Å². The highest BCUT2D eigenvalue weighted by molar-refractivity contribution is 9.08. The van der Waals surface area contributed by atoms with E-state index in [0.29, 0.717) is 5.33 Å². The van der Waals surface area contributed by atoms with E-state index >= 15 is 0 Å². The molecule has 0 aliphatic rings. The van der Waals surface area contributed by atoms with Crippen molar-refractivity contribution in [2.45, 2.75) is 36.5 Å². The lowest BCUT2D eigenvalue weighted by molar-refractivity contribution is -0.122. The second-order valence-corrected chi connectivity index (χ2v) is 8.44. The maximum absolute atomic E-state index is 12.4. The molecule has 0 fully saturated rings. The number of halogens is 1. The summed E-state index contributed by atoms with van der Waals surface area (Å²) in [4.78, 5) is 12.0. The van der Waals surface area contributed by atoms with Crippen LogP contribution in [0, 0.1) is 0 Å². The number of amides is 1. The van der Waals surface area contributed by atoms with Crippen molar-refractivity contribution in [2.75, 3.05) is 13.6 Å². The molecule has 1 aromatic rings. The van der Waals surface area contributed by atoms with Crippen molar-refractivity contribution < 1.29 is 13.2 Å². The van der Waals surface area contributed by atoms with Crippen molar-refractivity contribution in [3.8, 4) is 0 Å². The highest BCUT2D eigenvalue weighted by Crippen LogP contribution is 2.16. The zero-order valence-electron chi connectivity index (χ0n) is 12.7. The van der Waals surface area contributed by atoms with Gasteiger partial charge in [-0.05, 0) is 38.5 Å². The first-order valence-electron chi connectivity index (χ1n) is 6.48. The number of hydrogen-bond donors (Lipinski definition) is 1. The van der Waals surface area contributed by atoms with Gasteiger partial charge in [0.25, 0.3) is 0 Å². The Labute approximate surface area is 134 Å². The van der Waals surface area contributed by atoms with E-state index in [1.54, 1.807) is 24.3 Å². The van der Waals surface area contributed by atoms with Crippen LogP contribution in [0.5, 0.6) is 0 Å². The van der Waals surface area contributed by atoms with E-state index in [9.17, 15) is 13.2 Å². The Kier molecular flexibility index (Phi) is 5.95. The van der Waals surface area contributed by atoms with E-state index in [-0.39, 0.29) is 22.9 Å². The van der Waals surface area contributed by atoms with Crippen LogP contribution in [0.15, 0.2) is 29.2 Å². The van der Waals surface area contributed by atoms with Crippen molar-refractivity contribution in [1.82, 2.24) is 9.62 Å². The molecule has 1 amide bonds. The summed E-state index contributed by atoms with van der Waals surface area (Å²) in [6, 6.07) is 6.57. The van der Waals surface area contributed by atoms with Crippen LogP contribution in [-0.2, 0) is 20.1 Å². The fourth-order valence-electron chi connectivity index (χ4n) is 1.68. The number of nitrogens with one attached hydrogen (secondary N) is 1. The third-order valence-corrected chi connectivity index (χ3v) is 5.13. The van der Waals surface area contributed by atoms with Crippen LogP contribution >= 0.6 is 15.9 Å². The Balaban J connectivity index is 2.84. The van der Waals surface area contributed by atoms with Gasteiger partial charge in [-0.1, -0.05) is 28.1 Å². The largest absolute Gasteiger partial charge is 0.350 e. The normalized spacial score (nSPS) is 12.5. The average molecular weight is 377 g/mol. The van der Waals surface area contributed by atoms with Gasteiger partial charge in [-0.15, -0.1) is 0 Å². The first-order chi connectivity index (χ1) is 9.56. The molecule has 1 rings (SSSR count). The number of sulfonamides is 1. The lowest BCUT2D eigenvalue weighted by Crippen LogP contribution is -2.46. The fraction of sp³-hybridized carbons (Fsp3) is 0.500. The first kappa shape index (κ1) is 18.1. The van der Waals surface area contributed by atoms with Gasteiger partial charge < -0.3 is 5.32 Å². The van der Waals surface area contributed by atoms with Crippen LogP contribution < -0.4 is 5.32 Å². The Morgan fingerprint density at radius 2 is 1.76 bits per heavy atom.